The summed E-state index contributed by atoms with van der Waals surface area (Å²) in [5.74, 6) is -3.38. The van der Waals surface area contributed by atoms with Crippen molar-refractivity contribution in [3.8, 4) is 0 Å². The van der Waals surface area contributed by atoms with Crippen molar-refractivity contribution in [1.82, 2.24) is 31.1 Å². The maximum Gasteiger partial charge on any atom is 0.289 e. The van der Waals surface area contributed by atoms with Crippen LogP contribution < -0.4 is 21.3 Å². The highest BCUT2D eigenvalue weighted by Crippen LogP contribution is 2.05. The van der Waals surface area contributed by atoms with Gasteiger partial charge in [-0.1, -0.05) is 67.9 Å². The average Bonchev–Trinajstić information content (AvgIpc) is 3.00. The van der Waals surface area contributed by atoms with Gasteiger partial charge in [-0.2, -0.15) is 0 Å². The summed E-state index contributed by atoms with van der Waals surface area (Å²) in [7, 11) is 2.06. The Balaban J connectivity index is 0.000000804. The second kappa shape index (κ2) is 18.4. The third-order valence-corrected chi connectivity index (χ3v) is 6.94. The van der Waals surface area contributed by atoms with Crippen LogP contribution in [0.5, 0.6) is 0 Å². The Bertz CT molecular complexity index is 1180. The van der Waals surface area contributed by atoms with Gasteiger partial charge in [-0.15, -0.1) is 0 Å². The monoisotopic (exact) mass is 594 g/mol. The Morgan fingerprint density at radius 1 is 0.791 bits per heavy atom. The number of amides is 4. The number of piperazine rings is 1. The van der Waals surface area contributed by atoms with Gasteiger partial charge in [0.2, 0.25) is 17.6 Å². The number of ketones is 1. The highest BCUT2D eigenvalue weighted by molar-refractivity contribution is 6.38. The fourth-order valence-corrected chi connectivity index (χ4v) is 4.19. The average molecular weight is 595 g/mol. The number of carbonyl (C=O) groups is 5. The zero-order chi connectivity index (χ0) is 31.8. The number of carbonyl (C=O) groups excluding carboxylic acids is 5. The number of Topliss-reactive ketones (excluding diaryl/α,β-unsaturated/α-hetero) is 1. The molecule has 2 aromatic rings. The van der Waals surface area contributed by atoms with Crippen LogP contribution in [0, 0.1) is 12.8 Å². The number of hydrogen-bond donors (Lipinski definition) is 4. The van der Waals surface area contributed by atoms with Gasteiger partial charge in [0.15, 0.2) is 0 Å². The third kappa shape index (κ3) is 13.2. The van der Waals surface area contributed by atoms with Gasteiger partial charge in [0.25, 0.3) is 11.8 Å². The second-order valence-corrected chi connectivity index (χ2v) is 11.0. The molecule has 1 fully saturated rings. The van der Waals surface area contributed by atoms with Crippen LogP contribution in [-0.4, -0.2) is 104 Å². The summed E-state index contributed by atoms with van der Waals surface area (Å²) in [4.78, 5) is 66.5. The van der Waals surface area contributed by atoms with E-state index in [1.165, 1.54) is 12.5 Å². The summed E-state index contributed by atoms with van der Waals surface area (Å²) in [6.07, 6.45) is 0. The zero-order valence-electron chi connectivity index (χ0n) is 25.9. The molecule has 3 rings (SSSR count). The van der Waals surface area contributed by atoms with Crippen LogP contribution in [0.1, 0.15) is 36.7 Å². The third-order valence-electron chi connectivity index (χ3n) is 6.94. The van der Waals surface area contributed by atoms with E-state index in [0.717, 1.165) is 26.2 Å². The standard InChI is InChI=1S/C25H38N6O5.C7H8/c1-17(2)21(22(33)25(36)26-10-11-31-14-12-30(4)13-15-31)29-23(34)18(3)28-20(32)16-27-24(35)19-8-6-5-7-9-19;1-7-5-3-2-4-6-7/h5-9,17-18,21H,10-16H2,1-4H3,(H,26,36)(H,27,35)(H,28,32)(H,29,34);2-6H,1H3/t18-,21?;/m0./s1. The van der Waals surface area contributed by atoms with Crippen LogP contribution in [0.15, 0.2) is 60.7 Å². The molecule has 234 valence electrons. The SMILES string of the molecule is CC(C)C(NC(=O)[C@H](C)NC(=O)CNC(=O)c1ccccc1)C(=O)C(=O)NCCN1CCN(C)CC1.Cc1ccccc1. The molecule has 0 saturated carbocycles. The number of aryl methyl sites for hydroxylation is 1. The van der Waals surface area contributed by atoms with Crippen LogP contribution in [0.25, 0.3) is 0 Å². The van der Waals surface area contributed by atoms with Crippen molar-refractivity contribution < 1.29 is 24.0 Å². The van der Waals surface area contributed by atoms with Crippen molar-refractivity contribution in [2.24, 2.45) is 5.92 Å². The predicted octanol–water partition coefficient (Wildman–Crippen LogP) is 0.990. The lowest BCUT2D eigenvalue weighted by Crippen LogP contribution is -2.55. The second-order valence-electron chi connectivity index (χ2n) is 11.0. The molecule has 4 amide bonds. The maximum atomic E-state index is 12.7. The number of nitrogens with zero attached hydrogens (tertiary/aromatic N) is 2. The van der Waals surface area contributed by atoms with E-state index >= 15 is 0 Å². The molecule has 2 aromatic carbocycles. The molecule has 0 aromatic heterocycles. The van der Waals surface area contributed by atoms with E-state index in [1.807, 2.05) is 18.2 Å². The van der Waals surface area contributed by atoms with Gasteiger partial charge in [-0.3, -0.25) is 28.9 Å². The normalized spacial score (nSPS) is 14.8. The molecule has 1 aliphatic rings. The lowest BCUT2D eigenvalue weighted by atomic mass is 9.98. The van der Waals surface area contributed by atoms with Gasteiger partial charge in [0.1, 0.15) is 6.04 Å². The number of nitrogens with one attached hydrogen (secondary N) is 4. The first kappa shape index (κ1) is 35.1. The molecule has 1 unspecified atom stereocenters. The highest BCUT2D eigenvalue weighted by atomic mass is 16.2. The fourth-order valence-electron chi connectivity index (χ4n) is 4.19. The zero-order valence-corrected chi connectivity index (χ0v) is 25.9. The van der Waals surface area contributed by atoms with Crippen LogP contribution in [-0.2, 0) is 19.2 Å². The minimum Gasteiger partial charge on any atom is -0.348 e. The largest absolute Gasteiger partial charge is 0.348 e. The first-order valence-electron chi connectivity index (χ1n) is 14.7. The Morgan fingerprint density at radius 3 is 1.91 bits per heavy atom. The molecule has 0 spiro atoms. The molecule has 11 nitrogen and oxygen atoms in total. The molecule has 1 saturated heterocycles. The van der Waals surface area contributed by atoms with Crippen LogP contribution >= 0.6 is 0 Å². The molecule has 0 radical (unpaired) electrons. The van der Waals surface area contributed by atoms with Gasteiger partial charge < -0.3 is 26.2 Å². The van der Waals surface area contributed by atoms with Crippen molar-refractivity contribution in [2.45, 2.75) is 39.8 Å². The topological polar surface area (TPSA) is 140 Å². The minimum atomic E-state index is -1.03. The number of rotatable bonds is 12. The molecule has 1 heterocycles. The van der Waals surface area contributed by atoms with E-state index in [-0.39, 0.29) is 12.5 Å². The first-order chi connectivity index (χ1) is 20.5. The van der Waals surface area contributed by atoms with Crippen molar-refractivity contribution in [1.29, 1.82) is 0 Å². The molecular weight excluding hydrogens is 548 g/mol. The fraction of sp³-hybridized carbons (Fsp3) is 0.469. The molecule has 11 heteroatoms. The summed E-state index contributed by atoms with van der Waals surface area (Å²) in [6.45, 7) is 11.4. The smallest absolute Gasteiger partial charge is 0.289 e. The number of likely N-dealkylation sites (N-methyl/N-ethyl adjacent to an activating group) is 1. The van der Waals surface area contributed by atoms with Crippen LogP contribution in [0.4, 0.5) is 0 Å². The lowest BCUT2D eigenvalue weighted by Gasteiger charge is -2.32. The quantitative estimate of drug-likeness (QED) is 0.269. The van der Waals surface area contributed by atoms with Gasteiger partial charge in [0.05, 0.1) is 12.6 Å². The van der Waals surface area contributed by atoms with Crippen molar-refractivity contribution in [3.63, 3.8) is 0 Å². The molecule has 0 aliphatic carbocycles. The van der Waals surface area contributed by atoms with Crippen molar-refractivity contribution in [2.75, 3.05) is 52.9 Å². The molecule has 0 bridgehead atoms. The summed E-state index contributed by atoms with van der Waals surface area (Å²) >= 11 is 0. The van der Waals surface area contributed by atoms with Crippen molar-refractivity contribution in [3.05, 3.63) is 71.8 Å². The maximum absolute atomic E-state index is 12.7. The number of hydrogen-bond acceptors (Lipinski definition) is 7. The molecule has 4 N–H and O–H groups in total. The molecule has 43 heavy (non-hydrogen) atoms. The summed E-state index contributed by atoms with van der Waals surface area (Å²) in [6, 6.07) is 16.7. The minimum absolute atomic E-state index is 0.312. The summed E-state index contributed by atoms with van der Waals surface area (Å²) in [5.41, 5.74) is 1.73. The predicted molar refractivity (Wildman–Crippen MR) is 166 cm³/mol. The van der Waals surface area contributed by atoms with E-state index in [0.29, 0.717) is 18.7 Å². The van der Waals surface area contributed by atoms with Gasteiger partial charge in [-0.25, -0.2) is 0 Å². The van der Waals surface area contributed by atoms with Gasteiger partial charge >= 0.3 is 0 Å². The lowest BCUT2D eigenvalue weighted by molar-refractivity contribution is -0.141. The van der Waals surface area contributed by atoms with Gasteiger partial charge in [-0.05, 0) is 38.9 Å². The van der Waals surface area contributed by atoms with Crippen LogP contribution in [0.2, 0.25) is 0 Å². The van der Waals surface area contributed by atoms with Crippen LogP contribution in [0.3, 0.4) is 0 Å². The Kier molecular flexibility index (Phi) is 15.1. The van der Waals surface area contributed by atoms with E-state index in [9.17, 15) is 24.0 Å². The molecular formula is C32H46N6O5. The summed E-state index contributed by atoms with van der Waals surface area (Å²) < 4.78 is 0. The van der Waals surface area contributed by atoms with Crippen molar-refractivity contribution >= 4 is 29.4 Å². The van der Waals surface area contributed by atoms with E-state index in [4.69, 9.17) is 0 Å². The first-order valence-corrected chi connectivity index (χ1v) is 14.7. The van der Waals surface area contributed by atoms with E-state index in [2.05, 4.69) is 57.2 Å². The van der Waals surface area contributed by atoms with E-state index in [1.54, 1.807) is 44.2 Å². The Labute approximate surface area is 254 Å². The Hall–Kier alpha value is -4.09. The van der Waals surface area contributed by atoms with E-state index < -0.39 is 41.5 Å². The summed E-state index contributed by atoms with van der Waals surface area (Å²) in [5, 5.41) is 10.2. The molecule has 1 aliphatic heterocycles. The Morgan fingerprint density at radius 2 is 1.37 bits per heavy atom. The number of benzene rings is 2. The highest BCUT2D eigenvalue weighted by Gasteiger charge is 2.31. The molecule has 2 atom stereocenters. The van der Waals surface area contributed by atoms with Gasteiger partial charge in [0, 0.05) is 44.8 Å².